The molecular weight excluding hydrogens is 308 g/mol. The van der Waals surface area contributed by atoms with E-state index < -0.39 is 11.6 Å². The molecule has 2 amide bonds. The summed E-state index contributed by atoms with van der Waals surface area (Å²) in [6, 6.07) is -0.223. The van der Waals surface area contributed by atoms with Crippen molar-refractivity contribution in [3.05, 3.63) is 23.8 Å². The van der Waals surface area contributed by atoms with Crippen molar-refractivity contribution in [3.63, 3.8) is 0 Å². The van der Waals surface area contributed by atoms with Gasteiger partial charge in [0.2, 0.25) is 0 Å². The van der Waals surface area contributed by atoms with Crippen LogP contribution in [0.5, 0.6) is 0 Å². The monoisotopic (exact) mass is 334 g/mol. The summed E-state index contributed by atoms with van der Waals surface area (Å²) in [5.41, 5.74) is 0.574. The summed E-state index contributed by atoms with van der Waals surface area (Å²) >= 11 is 0. The second-order valence-corrected chi connectivity index (χ2v) is 7.07. The minimum atomic E-state index is -0.545. The van der Waals surface area contributed by atoms with Gasteiger partial charge < -0.3 is 15.0 Å². The summed E-state index contributed by atoms with van der Waals surface area (Å²) in [6.07, 6.45) is 5.47. The summed E-state index contributed by atoms with van der Waals surface area (Å²) in [5.74, 6) is 0.709. The normalized spacial score (nSPS) is 15.9. The van der Waals surface area contributed by atoms with Crippen LogP contribution in [0.15, 0.2) is 12.4 Å². The number of esters is 1. The van der Waals surface area contributed by atoms with E-state index in [-0.39, 0.29) is 12.6 Å². The Morgan fingerprint density at radius 2 is 1.83 bits per heavy atom. The molecule has 132 valence electrons. The molecule has 0 radical (unpaired) electrons. The van der Waals surface area contributed by atoms with Crippen LogP contribution in [-0.4, -0.2) is 52.1 Å². The van der Waals surface area contributed by atoms with Gasteiger partial charge in [-0.15, -0.1) is 0 Å². The third-order valence-corrected chi connectivity index (χ3v) is 3.86. The Morgan fingerprint density at radius 1 is 1.25 bits per heavy atom. The van der Waals surface area contributed by atoms with E-state index in [1.807, 2.05) is 19.3 Å². The maximum Gasteiger partial charge on any atom is 0.325 e. The van der Waals surface area contributed by atoms with Crippen LogP contribution in [0.3, 0.4) is 0 Å². The third kappa shape index (κ3) is 5.47. The lowest BCUT2D eigenvalue weighted by atomic mass is 9.91. The Kier molecular flexibility index (Phi) is 5.75. The van der Waals surface area contributed by atoms with Gasteiger partial charge in [-0.3, -0.25) is 4.79 Å². The molecule has 1 fully saturated rings. The quantitative estimate of drug-likeness (QED) is 0.855. The Bertz CT molecular complexity index is 572. The predicted octanol–water partition coefficient (Wildman–Crippen LogP) is 2.02. The number of likely N-dealkylation sites (tertiary alicyclic amines) is 1. The number of aromatic nitrogens is 2. The summed E-state index contributed by atoms with van der Waals surface area (Å²) in [6.45, 7) is 8.45. The lowest BCUT2D eigenvalue weighted by Gasteiger charge is -2.32. The average molecular weight is 334 g/mol. The second-order valence-electron chi connectivity index (χ2n) is 7.07. The highest BCUT2D eigenvalue weighted by molar-refractivity contribution is 5.81. The van der Waals surface area contributed by atoms with Gasteiger partial charge in [0.1, 0.15) is 18.0 Å². The van der Waals surface area contributed by atoms with Crippen molar-refractivity contribution >= 4 is 12.0 Å². The molecule has 0 atom stereocenters. The minimum absolute atomic E-state index is 0.109. The highest BCUT2D eigenvalue weighted by atomic mass is 16.6. The van der Waals surface area contributed by atoms with Crippen LogP contribution in [0.1, 0.15) is 50.9 Å². The third-order valence-electron chi connectivity index (χ3n) is 3.86. The second kappa shape index (κ2) is 7.59. The Balaban J connectivity index is 1.76. The molecule has 0 aliphatic carbocycles. The van der Waals surface area contributed by atoms with Crippen molar-refractivity contribution in [2.24, 2.45) is 0 Å². The molecule has 7 heteroatoms. The smallest absolute Gasteiger partial charge is 0.325 e. The minimum Gasteiger partial charge on any atom is -0.459 e. The lowest BCUT2D eigenvalue weighted by molar-refractivity contribution is -0.153. The number of hydrogen-bond donors (Lipinski definition) is 1. The zero-order valence-corrected chi connectivity index (χ0v) is 14.8. The summed E-state index contributed by atoms with van der Waals surface area (Å²) in [4.78, 5) is 34.0. The van der Waals surface area contributed by atoms with Crippen molar-refractivity contribution < 1.29 is 14.3 Å². The van der Waals surface area contributed by atoms with E-state index in [1.54, 1.807) is 25.7 Å². The van der Waals surface area contributed by atoms with E-state index in [0.717, 1.165) is 24.2 Å². The number of carbonyl (C=O) groups is 2. The number of nitrogens with one attached hydrogen (secondary N) is 1. The standard InChI is InChI=1S/C17H26N4O3/c1-12-18-9-14(10-19-12)13-5-7-21(8-6-13)16(23)20-11-15(22)24-17(2,3)4/h9-10,13H,5-8,11H2,1-4H3,(H,20,23). The highest BCUT2D eigenvalue weighted by Gasteiger charge is 2.25. The topological polar surface area (TPSA) is 84.4 Å². The number of amides is 2. The molecule has 0 bridgehead atoms. The number of carbonyl (C=O) groups excluding carboxylic acids is 2. The Morgan fingerprint density at radius 3 is 2.38 bits per heavy atom. The van der Waals surface area contributed by atoms with Crippen molar-refractivity contribution in [2.45, 2.75) is 52.1 Å². The van der Waals surface area contributed by atoms with Gasteiger partial charge in [0.05, 0.1) is 0 Å². The molecule has 1 aliphatic rings. The van der Waals surface area contributed by atoms with Crippen molar-refractivity contribution in [2.75, 3.05) is 19.6 Å². The summed E-state index contributed by atoms with van der Waals surface area (Å²) < 4.78 is 5.17. The molecule has 0 unspecified atom stereocenters. The first kappa shape index (κ1) is 18.2. The van der Waals surface area contributed by atoms with E-state index >= 15 is 0 Å². The van der Waals surface area contributed by atoms with Crippen LogP contribution in [-0.2, 0) is 9.53 Å². The number of urea groups is 1. The molecule has 1 saturated heterocycles. The maximum absolute atomic E-state index is 12.1. The van der Waals surface area contributed by atoms with Crippen molar-refractivity contribution in [3.8, 4) is 0 Å². The van der Waals surface area contributed by atoms with Crippen molar-refractivity contribution in [1.29, 1.82) is 0 Å². The van der Waals surface area contributed by atoms with E-state index in [4.69, 9.17) is 4.74 Å². The summed E-state index contributed by atoms with van der Waals surface area (Å²) in [7, 11) is 0. The van der Waals surface area contributed by atoms with E-state index in [2.05, 4.69) is 15.3 Å². The molecule has 1 N–H and O–H groups in total. The maximum atomic E-state index is 12.1. The van der Waals surface area contributed by atoms with Gasteiger partial charge in [-0.1, -0.05) is 0 Å². The molecule has 1 aliphatic heterocycles. The van der Waals surface area contributed by atoms with E-state index in [1.165, 1.54) is 0 Å². The number of nitrogens with zero attached hydrogens (tertiary/aromatic N) is 3. The zero-order valence-electron chi connectivity index (χ0n) is 14.8. The van der Waals surface area contributed by atoms with Gasteiger partial charge in [-0.05, 0) is 52.0 Å². The molecular formula is C17H26N4O3. The SMILES string of the molecule is Cc1ncc(C2CCN(C(=O)NCC(=O)OC(C)(C)C)CC2)cn1. The molecule has 2 rings (SSSR count). The highest BCUT2D eigenvalue weighted by Crippen LogP contribution is 2.27. The van der Waals surface area contributed by atoms with Crippen LogP contribution in [0.4, 0.5) is 4.79 Å². The van der Waals surface area contributed by atoms with Gasteiger partial charge in [0.25, 0.3) is 0 Å². The average Bonchev–Trinajstić information content (AvgIpc) is 2.52. The fraction of sp³-hybridized carbons (Fsp3) is 0.647. The lowest BCUT2D eigenvalue weighted by Crippen LogP contribution is -2.46. The van der Waals surface area contributed by atoms with Gasteiger partial charge in [0, 0.05) is 25.5 Å². The molecule has 0 spiro atoms. The van der Waals surface area contributed by atoms with Crippen LogP contribution in [0, 0.1) is 6.92 Å². The number of rotatable bonds is 3. The Hall–Kier alpha value is -2.18. The first-order valence-electron chi connectivity index (χ1n) is 8.28. The first-order chi connectivity index (χ1) is 11.2. The number of ether oxygens (including phenoxy) is 1. The van der Waals surface area contributed by atoms with Crippen LogP contribution < -0.4 is 5.32 Å². The van der Waals surface area contributed by atoms with Crippen LogP contribution in [0.2, 0.25) is 0 Å². The molecule has 24 heavy (non-hydrogen) atoms. The van der Waals surface area contributed by atoms with Crippen LogP contribution >= 0.6 is 0 Å². The molecule has 7 nitrogen and oxygen atoms in total. The molecule has 0 saturated carbocycles. The zero-order chi connectivity index (χ0) is 17.7. The molecule has 0 aromatic carbocycles. The number of piperidine rings is 1. The number of aryl methyl sites for hydroxylation is 1. The van der Waals surface area contributed by atoms with Crippen molar-refractivity contribution in [1.82, 2.24) is 20.2 Å². The predicted molar refractivity (Wildman–Crippen MR) is 89.6 cm³/mol. The van der Waals surface area contributed by atoms with E-state index in [9.17, 15) is 9.59 Å². The van der Waals surface area contributed by atoms with Gasteiger partial charge in [-0.25, -0.2) is 14.8 Å². The molecule has 2 heterocycles. The number of hydrogen-bond acceptors (Lipinski definition) is 5. The summed E-state index contributed by atoms with van der Waals surface area (Å²) in [5, 5.41) is 2.62. The largest absolute Gasteiger partial charge is 0.459 e. The molecule has 1 aromatic rings. The first-order valence-corrected chi connectivity index (χ1v) is 8.28. The van der Waals surface area contributed by atoms with Crippen LogP contribution in [0.25, 0.3) is 0 Å². The van der Waals surface area contributed by atoms with Gasteiger partial charge in [0.15, 0.2) is 0 Å². The van der Waals surface area contributed by atoms with Gasteiger partial charge >= 0.3 is 12.0 Å². The molecule has 1 aromatic heterocycles. The van der Waals surface area contributed by atoms with E-state index in [0.29, 0.717) is 19.0 Å². The fourth-order valence-corrected chi connectivity index (χ4v) is 2.67. The van der Waals surface area contributed by atoms with Gasteiger partial charge in [-0.2, -0.15) is 0 Å². The fourth-order valence-electron chi connectivity index (χ4n) is 2.67. The Labute approximate surface area is 142 Å².